The summed E-state index contributed by atoms with van der Waals surface area (Å²) in [5, 5.41) is 3.32. The summed E-state index contributed by atoms with van der Waals surface area (Å²) >= 11 is 0. The summed E-state index contributed by atoms with van der Waals surface area (Å²) in [6.07, 6.45) is 2.96. The van der Waals surface area contributed by atoms with Gasteiger partial charge in [-0.25, -0.2) is 0 Å². The molecule has 0 amide bonds. The fourth-order valence-electron chi connectivity index (χ4n) is 1.93. The van der Waals surface area contributed by atoms with Crippen LogP contribution >= 0.6 is 0 Å². The highest BCUT2D eigenvalue weighted by molar-refractivity contribution is 5.69. The summed E-state index contributed by atoms with van der Waals surface area (Å²) in [6.45, 7) is 4.33. The number of piperidine rings is 1. The highest BCUT2D eigenvalue weighted by atomic mass is 16.5. The molecular formula is C10H19NO2. The third kappa shape index (κ3) is 3.35. The van der Waals surface area contributed by atoms with Gasteiger partial charge < -0.3 is 10.1 Å². The molecule has 0 bridgehead atoms. The fraction of sp³-hybridized carbons (Fsp3) is 0.900. The molecule has 3 heteroatoms. The molecule has 1 rings (SSSR count). The van der Waals surface area contributed by atoms with Crippen molar-refractivity contribution >= 4 is 5.97 Å². The van der Waals surface area contributed by atoms with E-state index in [1.165, 1.54) is 20.0 Å². The average molecular weight is 185 g/mol. The van der Waals surface area contributed by atoms with Crippen LogP contribution in [0.15, 0.2) is 0 Å². The molecule has 1 heterocycles. The van der Waals surface area contributed by atoms with Gasteiger partial charge in [-0.2, -0.15) is 0 Å². The minimum atomic E-state index is -0.0777. The molecule has 0 aromatic rings. The smallest absolute Gasteiger partial charge is 0.305 e. The molecular weight excluding hydrogens is 166 g/mol. The van der Waals surface area contributed by atoms with Gasteiger partial charge in [0.1, 0.15) is 0 Å². The maximum Gasteiger partial charge on any atom is 0.305 e. The van der Waals surface area contributed by atoms with E-state index >= 15 is 0 Å². The summed E-state index contributed by atoms with van der Waals surface area (Å²) in [6, 6.07) is 0. The Hall–Kier alpha value is -0.570. The SMILES string of the molecule is COC(=O)CC(C)C1CCNCC1. The first-order valence-electron chi connectivity index (χ1n) is 5.01. The van der Waals surface area contributed by atoms with Gasteiger partial charge in [0, 0.05) is 6.42 Å². The molecule has 1 N–H and O–H groups in total. The average Bonchev–Trinajstić information content (AvgIpc) is 2.19. The molecule has 1 saturated heterocycles. The lowest BCUT2D eigenvalue weighted by Crippen LogP contribution is -2.31. The van der Waals surface area contributed by atoms with Crippen LogP contribution in [0.5, 0.6) is 0 Å². The standard InChI is InChI=1S/C10H19NO2/c1-8(7-10(12)13-2)9-3-5-11-6-4-9/h8-9,11H,3-7H2,1-2H3. The zero-order valence-electron chi connectivity index (χ0n) is 8.51. The molecule has 3 nitrogen and oxygen atoms in total. The zero-order chi connectivity index (χ0) is 9.68. The normalized spacial score (nSPS) is 21.1. The monoisotopic (exact) mass is 185 g/mol. The number of hydrogen-bond donors (Lipinski definition) is 1. The van der Waals surface area contributed by atoms with E-state index < -0.39 is 0 Å². The molecule has 1 aliphatic rings. The highest BCUT2D eigenvalue weighted by Crippen LogP contribution is 2.24. The van der Waals surface area contributed by atoms with Crippen molar-refractivity contribution in [2.75, 3.05) is 20.2 Å². The Morgan fingerprint density at radius 1 is 1.54 bits per heavy atom. The predicted octanol–water partition coefficient (Wildman–Crippen LogP) is 1.19. The summed E-state index contributed by atoms with van der Waals surface area (Å²) in [5.74, 6) is 1.08. The number of esters is 1. The minimum Gasteiger partial charge on any atom is -0.469 e. The fourth-order valence-corrected chi connectivity index (χ4v) is 1.93. The Morgan fingerprint density at radius 2 is 2.15 bits per heavy atom. The Morgan fingerprint density at radius 3 is 2.69 bits per heavy atom. The summed E-state index contributed by atoms with van der Waals surface area (Å²) in [4.78, 5) is 11.0. The van der Waals surface area contributed by atoms with Gasteiger partial charge in [0.2, 0.25) is 0 Å². The molecule has 76 valence electrons. The van der Waals surface area contributed by atoms with E-state index in [1.54, 1.807) is 0 Å². The second-order valence-electron chi connectivity index (χ2n) is 3.84. The van der Waals surface area contributed by atoms with E-state index in [0.29, 0.717) is 18.3 Å². The molecule has 0 aromatic carbocycles. The lowest BCUT2D eigenvalue weighted by molar-refractivity contribution is -0.142. The van der Waals surface area contributed by atoms with Crippen molar-refractivity contribution in [3.05, 3.63) is 0 Å². The van der Waals surface area contributed by atoms with Gasteiger partial charge >= 0.3 is 5.97 Å². The molecule has 1 unspecified atom stereocenters. The Balaban J connectivity index is 2.28. The van der Waals surface area contributed by atoms with Crippen LogP contribution in [0.25, 0.3) is 0 Å². The van der Waals surface area contributed by atoms with Crippen LogP contribution in [-0.4, -0.2) is 26.2 Å². The quantitative estimate of drug-likeness (QED) is 0.671. The minimum absolute atomic E-state index is 0.0777. The van der Waals surface area contributed by atoms with Crippen LogP contribution in [0, 0.1) is 11.8 Å². The van der Waals surface area contributed by atoms with Crippen molar-refractivity contribution < 1.29 is 9.53 Å². The maximum atomic E-state index is 11.0. The zero-order valence-corrected chi connectivity index (χ0v) is 8.51. The van der Waals surface area contributed by atoms with Crippen molar-refractivity contribution in [3.63, 3.8) is 0 Å². The predicted molar refractivity (Wildman–Crippen MR) is 51.4 cm³/mol. The summed E-state index contributed by atoms with van der Waals surface area (Å²) in [7, 11) is 1.46. The molecule has 0 radical (unpaired) electrons. The van der Waals surface area contributed by atoms with Crippen LogP contribution in [-0.2, 0) is 9.53 Å². The van der Waals surface area contributed by atoms with E-state index in [1.807, 2.05) is 0 Å². The molecule has 0 spiro atoms. The van der Waals surface area contributed by atoms with Crippen LogP contribution in [0.2, 0.25) is 0 Å². The van der Waals surface area contributed by atoms with E-state index in [-0.39, 0.29) is 5.97 Å². The van der Waals surface area contributed by atoms with Crippen molar-refractivity contribution in [2.45, 2.75) is 26.2 Å². The van der Waals surface area contributed by atoms with Gasteiger partial charge in [-0.1, -0.05) is 6.92 Å². The number of hydrogen-bond acceptors (Lipinski definition) is 3. The summed E-state index contributed by atoms with van der Waals surface area (Å²) in [5.41, 5.74) is 0. The van der Waals surface area contributed by atoms with E-state index in [0.717, 1.165) is 13.1 Å². The van der Waals surface area contributed by atoms with Crippen LogP contribution < -0.4 is 5.32 Å². The van der Waals surface area contributed by atoms with Gasteiger partial charge in [0.25, 0.3) is 0 Å². The third-order valence-corrected chi connectivity index (χ3v) is 2.90. The van der Waals surface area contributed by atoms with Gasteiger partial charge in [0.05, 0.1) is 7.11 Å². The number of methoxy groups -OCH3 is 1. The molecule has 13 heavy (non-hydrogen) atoms. The topological polar surface area (TPSA) is 38.3 Å². The van der Waals surface area contributed by atoms with Crippen molar-refractivity contribution in [2.24, 2.45) is 11.8 Å². The number of carbonyl (C=O) groups excluding carboxylic acids is 1. The highest BCUT2D eigenvalue weighted by Gasteiger charge is 2.21. The number of ether oxygens (including phenoxy) is 1. The van der Waals surface area contributed by atoms with Crippen LogP contribution in [0.4, 0.5) is 0 Å². The van der Waals surface area contributed by atoms with E-state index in [9.17, 15) is 4.79 Å². The molecule has 1 fully saturated rings. The lowest BCUT2D eigenvalue weighted by Gasteiger charge is -2.27. The summed E-state index contributed by atoms with van der Waals surface area (Å²) < 4.78 is 4.66. The van der Waals surface area contributed by atoms with Crippen LogP contribution in [0.3, 0.4) is 0 Å². The van der Waals surface area contributed by atoms with E-state index in [4.69, 9.17) is 0 Å². The second-order valence-corrected chi connectivity index (χ2v) is 3.84. The van der Waals surface area contributed by atoms with Crippen molar-refractivity contribution in [1.82, 2.24) is 5.32 Å². The second kappa shape index (κ2) is 5.22. The first-order chi connectivity index (χ1) is 6.24. The molecule has 0 aromatic heterocycles. The first kappa shape index (κ1) is 10.5. The van der Waals surface area contributed by atoms with Gasteiger partial charge in [-0.05, 0) is 37.8 Å². The van der Waals surface area contributed by atoms with E-state index in [2.05, 4.69) is 17.0 Å². The third-order valence-electron chi connectivity index (χ3n) is 2.90. The van der Waals surface area contributed by atoms with Crippen LogP contribution in [0.1, 0.15) is 26.2 Å². The Kier molecular flexibility index (Phi) is 4.22. The van der Waals surface area contributed by atoms with Crippen molar-refractivity contribution in [1.29, 1.82) is 0 Å². The molecule has 0 aliphatic carbocycles. The van der Waals surface area contributed by atoms with Gasteiger partial charge in [0.15, 0.2) is 0 Å². The largest absolute Gasteiger partial charge is 0.469 e. The Bertz CT molecular complexity index is 164. The van der Waals surface area contributed by atoms with Crippen molar-refractivity contribution in [3.8, 4) is 0 Å². The number of carbonyl (C=O) groups is 1. The maximum absolute atomic E-state index is 11.0. The van der Waals surface area contributed by atoms with Gasteiger partial charge in [-0.15, -0.1) is 0 Å². The Labute approximate surface area is 79.8 Å². The molecule has 0 saturated carbocycles. The number of nitrogens with one attached hydrogen (secondary N) is 1. The number of rotatable bonds is 3. The van der Waals surface area contributed by atoms with Gasteiger partial charge in [-0.3, -0.25) is 4.79 Å². The first-order valence-corrected chi connectivity index (χ1v) is 5.01. The lowest BCUT2D eigenvalue weighted by atomic mass is 9.84. The molecule has 1 aliphatic heterocycles. The molecule has 1 atom stereocenters.